The van der Waals surface area contributed by atoms with E-state index in [1.807, 2.05) is 11.4 Å². The topological polar surface area (TPSA) is 55.1 Å². The van der Waals surface area contributed by atoms with Crippen molar-refractivity contribution in [2.24, 2.45) is 5.73 Å². The molecule has 0 aliphatic heterocycles. The maximum absolute atomic E-state index is 13.1. The Morgan fingerprint density at radius 2 is 2.22 bits per heavy atom. The van der Waals surface area contributed by atoms with Crippen molar-refractivity contribution in [2.75, 3.05) is 5.32 Å². The van der Waals surface area contributed by atoms with E-state index in [1.54, 1.807) is 6.07 Å². The normalized spacial score (nSPS) is 12.2. The third-order valence-electron chi connectivity index (χ3n) is 2.32. The van der Waals surface area contributed by atoms with Crippen molar-refractivity contribution < 1.29 is 9.18 Å². The molecule has 2 aromatic rings. The summed E-state index contributed by atoms with van der Waals surface area (Å²) in [6, 6.07) is 6.94. The van der Waals surface area contributed by atoms with Crippen LogP contribution in [0, 0.1) is 5.82 Å². The van der Waals surface area contributed by atoms with Crippen molar-refractivity contribution in [1.29, 1.82) is 0 Å². The molecule has 3 nitrogen and oxygen atoms in total. The molecule has 0 saturated heterocycles. The van der Waals surface area contributed by atoms with Crippen LogP contribution >= 0.6 is 27.3 Å². The van der Waals surface area contributed by atoms with Crippen LogP contribution < -0.4 is 11.1 Å². The Morgan fingerprint density at radius 3 is 2.89 bits per heavy atom. The van der Waals surface area contributed by atoms with Gasteiger partial charge in [0.2, 0.25) is 5.91 Å². The van der Waals surface area contributed by atoms with E-state index in [1.165, 1.54) is 29.5 Å². The largest absolute Gasteiger partial charge is 0.323 e. The molecule has 0 aliphatic carbocycles. The van der Waals surface area contributed by atoms with Crippen LogP contribution in [-0.4, -0.2) is 5.91 Å². The molecule has 3 N–H and O–H groups in total. The van der Waals surface area contributed by atoms with E-state index in [4.69, 9.17) is 5.73 Å². The Kier molecular flexibility index (Phi) is 4.11. The lowest BCUT2D eigenvalue weighted by molar-refractivity contribution is -0.117. The third kappa shape index (κ3) is 2.95. The first kappa shape index (κ1) is 13.2. The quantitative estimate of drug-likeness (QED) is 0.908. The molecule has 0 radical (unpaired) electrons. The summed E-state index contributed by atoms with van der Waals surface area (Å²) in [5.74, 6) is -0.790. The Balaban J connectivity index is 2.14. The second-order valence-electron chi connectivity index (χ2n) is 3.61. The number of rotatable bonds is 3. The lowest BCUT2D eigenvalue weighted by atomic mass is 10.2. The van der Waals surface area contributed by atoms with Gasteiger partial charge < -0.3 is 11.1 Å². The lowest BCUT2D eigenvalue weighted by Gasteiger charge is -2.12. The van der Waals surface area contributed by atoms with E-state index < -0.39 is 11.9 Å². The van der Waals surface area contributed by atoms with Gasteiger partial charge in [0.1, 0.15) is 11.9 Å². The van der Waals surface area contributed by atoms with Gasteiger partial charge in [0, 0.05) is 9.35 Å². The molecule has 2 rings (SSSR count). The summed E-state index contributed by atoms with van der Waals surface area (Å²) in [4.78, 5) is 12.7. The molecule has 0 fully saturated rings. The number of benzene rings is 1. The molecule has 1 aromatic carbocycles. The fraction of sp³-hybridized carbons (Fsp3) is 0.0833. The molecule has 0 aliphatic rings. The third-order valence-corrected chi connectivity index (χ3v) is 3.97. The summed E-state index contributed by atoms with van der Waals surface area (Å²) >= 11 is 4.64. The highest BCUT2D eigenvalue weighted by molar-refractivity contribution is 9.10. The number of amides is 1. The second kappa shape index (κ2) is 5.60. The Hall–Kier alpha value is -1.24. The minimum absolute atomic E-state index is 0.368. The van der Waals surface area contributed by atoms with Crippen molar-refractivity contribution in [3.8, 4) is 0 Å². The van der Waals surface area contributed by atoms with E-state index in [0.29, 0.717) is 10.2 Å². The number of nitrogens with two attached hydrogens (primary N) is 1. The summed E-state index contributed by atoms with van der Waals surface area (Å²) in [6.07, 6.45) is 0. The Bertz CT molecular complexity index is 559. The summed E-state index contributed by atoms with van der Waals surface area (Å²) in [5.41, 5.74) is 6.18. The molecule has 18 heavy (non-hydrogen) atoms. The smallest absolute Gasteiger partial charge is 0.246 e. The number of thiophene rings is 1. The fourth-order valence-electron chi connectivity index (χ4n) is 1.40. The average Bonchev–Trinajstić information content (AvgIpc) is 2.86. The van der Waals surface area contributed by atoms with E-state index >= 15 is 0 Å². The molecule has 94 valence electrons. The van der Waals surface area contributed by atoms with Crippen LogP contribution in [0.1, 0.15) is 10.9 Å². The summed E-state index contributed by atoms with van der Waals surface area (Å²) < 4.78 is 13.7. The number of anilines is 1. The predicted molar refractivity (Wildman–Crippen MR) is 74.0 cm³/mol. The maximum Gasteiger partial charge on any atom is 0.246 e. The first-order chi connectivity index (χ1) is 8.58. The van der Waals surface area contributed by atoms with Crippen molar-refractivity contribution in [3.63, 3.8) is 0 Å². The van der Waals surface area contributed by atoms with E-state index in [-0.39, 0.29) is 5.91 Å². The van der Waals surface area contributed by atoms with Gasteiger partial charge in [0.05, 0.1) is 5.69 Å². The van der Waals surface area contributed by atoms with Crippen LogP contribution in [0.4, 0.5) is 10.1 Å². The summed E-state index contributed by atoms with van der Waals surface area (Å²) in [7, 11) is 0. The highest BCUT2D eigenvalue weighted by Gasteiger charge is 2.17. The highest BCUT2D eigenvalue weighted by atomic mass is 79.9. The van der Waals surface area contributed by atoms with Crippen molar-refractivity contribution in [2.45, 2.75) is 6.04 Å². The molecule has 1 heterocycles. The standard InChI is InChI=1S/C12H10BrFN2OS/c13-8-4-3-7(14)6-9(8)16-12(17)11(15)10-2-1-5-18-10/h1-6,11H,15H2,(H,16,17). The number of nitrogens with one attached hydrogen (secondary N) is 1. The summed E-state index contributed by atoms with van der Waals surface area (Å²) in [5, 5.41) is 4.44. The number of hydrogen-bond acceptors (Lipinski definition) is 3. The molecule has 1 unspecified atom stereocenters. The van der Waals surface area contributed by atoms with Crippen LogP contribution in [-0.2, 0) is 4.79 Å². The molecular weight excluding hydrogens is 319 g/mol. The molecule has 0 saturated carbocycles. The lowest BCUT2D eigenvalue weighted by Crippen LogP contribution is -2.27. The van der Waals surface area contributed by atoms with Gasteiger partial charge in [-0.25, -0.2) is 4.39 Å². The van der Waals surface area contributed by atoms with Crippen LogP contribution in [0.15, 0.2) is 40.2 Å². The molecule has 0 spiro atoms. The number of carbonyl (C=O) groups is 1. The van der Waals surface area contributed by atoms with Gasteiger partial charge in [-0.15, -0.1) is 11.3 Å². The zero-order chi connectivity index (χ0) is 13.1. The van der Waals surface area contributed by atoms with Gasteiger partial charge in [0.25, 0.3) is 0 Å². The first-order valence-electron chi connectivity index (χ1n) is 5.13. The molecule has 0 bridgehead atoms. The van der Waals surface area contributed by atoms with E-state index in [0.717, 1.165) is 4.88 Å². The predicted octanol–water partition coefficient (Wildman–Crippen LogP) is 3.29. The number of hydrogen-bond donors (Lipinski definition) is 2. The average molecular weight is 329 g/mol. The second-order valence-corrected chi connectivity index (χ2v) is 5.44. The van der Waals surface area contributed by atoms with Gasteiger partial charge in [0.15, 0.2) is 0 Å². The monoisotopic (exact) mass is 328 g/mol. The zero-order valence-corrected chi connectivity index (χ0v) is 11.6. The van der Waals surface area contributed by atoms with Crippen molar-refractivity contribution in [1.82, 2.24) is 0 Å². The van der Waals surface area contributed by atoms with Gasteiger partial charge >= 0.3 is 0 Å². The van der Waals surface area contributed by atoms with Crippen molar-refractivity contribution in [3.05, 3.63) is 50.9 Å². The number of halogens is 2. The molecule has 6 heteroatoms. The number of carbonyl (C=O) groups excluding carboxylic acids is 1. The maximum atomic E-state index is 13.1. The minimum atomic E-state index is -0.750. The van der Waals surface area contributed by atoms with Crippen LogP contribution in [0.2, 0.25) is 0 Å². The molecule has 1 amide bonds. The van der Waals surface area contributed by atoms with Gasteiger partial charge in [-0.05, 0) is 45.6 Å². The molecule has 1 atom stereocenters. The van der Waals surface area contributed by atoms with E-state index in [2.05, 4.69) is 21.2 Å². The SMILES string of the molecule is NC(C(=O)Nc1cc(F)ccc1Br)c1cccs1. The zero-order valence-electron chi connectivity index (χ0n) is 9.19. The van der Waals surface area contributed by atoms with Gasteiger partial charge in [-0.1, -0.05) is 6.07 Å². The fourth-order valence-corrected chi connectivity index (χ4v) is 2.47. The molecular formula is C12H10BrFN2OS. The van der Waals surface area contributed by atoms with Crippen molar-refractivity contribution >= 4 is 38.9 Å². The summed E-state index contributed by atoms with van der Waals surface area (Å²) in [6.45, 7) is 0. The van der Waals surface area contributed by atoms with Crippen LogP contribution in [0.3, 0.4) is 0 Å². The van der Waals surface area contributed by atoms with Crippen LogP contribution in [0.5, 0.6) is 0 Å². The van der Waals surface area contributed by atoms with E-state index in [9.17, 15) is 9.18 Å². The van der Waals surface area contributed by atoms with Gasteiger partial charge in [-0.2, -0.15) is 0 Å². The van der Waals surface area contributed by atoms with Crippen LogP contribution in [0.25, 0.3) is 0 Å². The minimum Gasteiger partial charge on any atom is -0.323 e. The first-order valence-corrected chi connectivity index (χ1v) is 6.80. The Labute approximate surface area is 116 Å². The Morgan fingerprint density at radius 1 is 1.44 bits per heavy atom. The van der Waals surface area contributed by atoms with Gasteiger partial charge in [-0.3, -0.25) is 4.79 Å². The molecule has 1 aromatic heterocycles. The highest BCUT2D eigenvalue weighted by Crippen LogP contribution is 2.25.